The molecule has 2 aromatic heterocycles. The van der Waals surface area contributed by atoms with Crippen LogP contribution in [0, 0.1) is 6.92 Å². The molecule has 0 bridgehead atoms. The average Bonchev–Trinajstić information content (AvgIpc) is 3.45. The third kappa shape index (κ3) is 6.85. The van der Waals surface area contributed by atoms with Crippen LogP contribution in [0.2, 0.25) is 0 Å². The minimum absolute atomic E-state index is 0.328. The molecule has 1 aromatic carbocycles. The summed E-state index contributed by atoms with van der Waals surface area (Å²) < 4.78 is 40.7. The smallest absolute Gasteiger partial charge is 0.323 e. The summed E-state index contributed by atoms with van der Waals surface area (Å²) in [7, 11) is 3.62. The normalized spacial score (nSPS) is 24.5. The van der Waals surface area contributed by atoms with Gasteiger partial charge in [-0.25, -0.2) is 24.4 Å². The molecule has 12 nitrogen and oxygen atoms in total. The van der Waals surface area contributed by atoms with Crippen molar-refractivity contribution in [2.24, 2.45) is 0 Å². The number of para-hydroxylation sites is 1. The van der Waals surface area contributed by atoms with Crippen molar-refractivity contribution in [1.82, 2.24) is 24.6 Å². The van der Waals surface area contributed by atoms with Crippen LogP contribution in [0.4, 0.5) is 10.2 Å². The Morgan fingerprint density at radius 3 is 2.62 bits per heavy atom. The fourth-order valence-electron chi connectivity index (χ4n) is 4.33. The minimum Gasteiger partial charge on any atom is -0.462 e. The van der Waals surface area contributed by atoms with Gasteiger partial charge in [-0.3, -0.25) is 9.36 Å². The fraction of sp³-hybridized carbons (Fsp3) is 0.538. The van der Waals surface area contributed by atoms with Gasteiger partial charge in [-0.15, -0.1) is 11.6 Å². The first-order chi connectivity index (χ1) is 19.8. The number of ether oxygens (including phenoxy) is 2. The maximum absolute atomic E-state index is 15.8. The number of carbonyl (C=O) groups is 1. The number of aliphatic hydroxyl groups is 1. The molecule has 1 saturated heterocycles. The van der Waals surface area contributed by atoms with Crippen LogP contribution in [-0.4, -0.2) is 87.2 Å². The molecule has 3 aromatic rings. The van der Waals surface area contributed by atoms with E-state index in [2.05, 4.69) is 20.0 Å². The Hall–Kier alpha value is -2.45. The number of esters is 1. The SMILES string of the molecule is Cc1nc(N(C)C)c2ncn([C@@H]3O[C@](CCl)(CO[P@@](=S)(N[C@H](C)C(=O)OC(C)C)Oc4ccccc4)[C@@H](O)[C@H]3F)c2n1. The zero-order chi connectivity index (χ0) is 30.8. The lowest BCUT2D eigenvalue weighted by Gasteiger charge is -2.33. The molecule has 6 atom stereocenters. The highest BCUT2D eigenvalue weighted by molar-refractivity contribution is 8.09. The zero-order valence-electron chi connectivity index (χ0n) is 24.1. The number of benzene rings is 1. The zero-order valence-corrected chi connectivity index (χ0v) is 26.6. The molecule has 1 aliphatic heterocycles. The summed E-state index contributed by atoms with van der Waals surface area (Å²) in [6.45, 7) is 2.74. The van der Waals surface area contributed by atoms with E-state index in [1.807, 2.05) is 14.1 Å². The number of hydrogen-bond donors (Lipinski definition) is 2. The summed E-state index contributed by atoms with van der Waals surface area (Å²) >= 11 is 12.1. The van der Waals surface area contributed by atoms with Crippen molar-refractivity contribution in [3.63, 3.8) is 0 Å². The predicted octanol–water partition coefficient (Wildman–Crippen LogP) is 3.66. The first-order valence-corrected chi connectivity index (χ1v) is 16.4. The molecular weight excluding hydrogens is 610 g/mol. The van der Waals surface area contributed by atoms with E-state index >= 15 is 4.39 Å². The number of hydrogen-bond acceptors (Lipinski definition) is 11. The number of nitrogens with zero attached hydrogens (tertiary/aromatic N) is 5. The molecule has 16 heteroatoms. The molecule has 230 valence electrons. The van der Waals surface area contributed by atoms with E-state index in [4.69, 9.17) is 41.9 Å². The quantitative estimate of drug-likeness (QED) is 0.169. The van der Waals surface area contributed by atoms with Gasteiger partial charge in [-0.05, 0) is 51.6 Å². The summed E-state index contributed by atoms with van der Waals surface area (Å²) in [6, 6.07) is 7.73. The van der Waals surface area contributed by atoms with Crippen molar-refractivity contribution in [3.05, 3.63) is 42.5 Å². The Kier molecular flexibility index (Phi) is 10.1. The maximum atomic E-state index is 15.8. The number of aliphatic hydroxyl groups excluding tert-OH is 1. The van der Waals surface area contributed by atoms with Gasteiger partial charge in [0.1, 0.15) is 29.3 Å². The van der Waals surface area contributed by atoms with Crippen LogP contribution in [0.5, 0.6) is 5.75 Å². The molecular formula is C26H35ClFN6O6PS. The van der Waals surface area contributed by atoms with Gasteiger partial charge in [0.2, 0.25) is 0 Å². The van der Waals surface area contributed by atoms with E-state index in [9.17, 15) is 9.90 Å². The van der Waals surface area contributed by atoms with Crippen LogP contribution in [-0.2, 0) is 30.6 Å². The third-order valence-electron chi connectivity index (χ3n) is 6.41. The van der Waals surface area contributed by atoms with Crippen LogP contribution >= 0.6 is 18.2 Å². The molecule has 1 fully saturated rings. The molecule has 0 unspecified atom stereocenters. The van der Waals surface area contributed by atoms with Crippen LogP contribution in [0.25, 0.3) is 11.2 Å². The van der Waals surface area contributed by atoms with Gasteiger partial charge >= 0.3 is 12.6 Å². The van der Waals surface area contributed by atoms with Crippen LogP contribution in [0.3, 0.4) is 0 Å². The number of nitrogens with one attached hydrogen (secondary N) is 1. The summed E-state index contributed by atoms with van der Waals surface area (Å²) in [5.74, 6) is 0.466. The van der Waals surface area contributed by atoms with Crippen LogP contribution in [0.15, 0.2) is 36.7 Å². The van der Waals surface area contributed by atoms with E-state index in [0.717, 1.165) is 0 Å². The number of aromatic nitrogens is 4. The fourth-order valence-corrected chi connectivity index (χ4v) is 7.07. The molecule has 4 rings (SSSR count). The van der Waals surface area contributed by atoms with Gasteiger partial charge in [-0.2, -0.15) is 0 Å². The number of alkyl halides is 2. The van der Waals surface area contributed by atoms with Crippen molar-refractivity contribution in [2.45, 2.75) is 63.9 Å². The lowest BCUT2D eigenvalue weighted by atomic mass is 9.99. The molecule has 3 heterocycles. The lowest BCUT2D eigenvalue weighted by Crippen LogP contribution is -2.48. The number of rotatable bonds is 12. The molecule has 0 spiro atoms. The molecule has 2 N–H and O–H groups in total. The minimum atomic E-state index is -3.53. The predicted molar refractivity (Wildman–Crippen MR) is 160 cm³/mol. The van der Waals surface area contributed by atoms with Gasteiger partial charge in [0.05, 0.1) is 24.9 Å². The Bertz CT molecular complexity index is 1450. The monoisotopic (exact) mass is 644 g/mol. The number of aryl methyl sites for hydroxylation is 1. The lowest BCUT2D eigenvalue weighted by molar-refractivity contribution is -0.149. The van der Waals surface area contributed by atoms with Crippen LogP contribution < -0.4 is 14.5 Å². The third-order valence-corrected chi connectivity index (χ3v) is 9.34. The van der Waals surface area contributed by atoms with Gasteiger partial charge in [0, 0.05) is 14.1 Å². The van der Waals surface area contributed by atoms with Crippen molar-refractivity contribution < 1.29 is 32.8 Å². The number of carbonyl (C=O) groups excluding carboxylic acids is 1. The summed E-state index contributed by atoms with van der Waals surface area (Å²) in [6.07, 6.45) is -3.94. The van der Waals surface area contributed by atoms with Gasteiger partial charge in [0.15, 0.2) is 29.4 Å². The van der Waals surface area contributed by atoms with E-state index in [-0.39, 0.29) is 12.0 Å². The first-order valence-electron chi connectivity index (χ1n) is 13.2. The molecule has 42 heavy (non-hydrogen) atoms. The Morgan fingerprint density at radius 2 is 2.00 bits per heavy atom. The highest BCUT2D eigenvalue weighted by atomic mass is 35.5. The molecule has 1 aliphatic rings. The largest absolute Gasteiger partial charge is 0.462 e. The van der Waals surface area contributed by atoms with Crippen molar-refractivity contribution >= 4 is 53.0 Å². The average molecular weight is 645 g/mol. The van der Waals surface area contributed by atoms with Crippen molar-refractivity contribution in [1.29, 1.82) is 0 Å². The molecule has 0 amide bonds. The Balaban J connectivity index is 1.62. The standard InChI is InChI=1S/C26H35ClFN6O6PS/c1-15(2)38-25(36)16(3)32-41(42,40-18-10-8-7-9-11-18)37-13-26(12-27)21(35)19(28)24(39-26)34-14-29-20-22(33(5)6)30-17(4)31-23(20)34/h7-11,14-16,19,21,24,35H,12-13H2,1-6H3,(H,32,42)/t16-,19-,21+,24-,26-,41+/m1/s1. The van der Waals surface area contributed by atoms with E-state index < -0.39 is 49.4 Å². The number of fused-ring (bicyclic) bond motifs is 1. The van der Waals surface area contributed by atoms with Gasteiger partial charge < -0.3 is 28.5 Å². The van der Waals surface area contributed by atoms with E-state index in [1.165, 1.54) is 10.9 Å². The highest BCUT2D eigenvalue weighted by Gasteiger charge is 2.57. The first kappa shape index (κ1) is 32.5. The van der Waals surface area contributed by atoms with Crippen LogP contribution in [0.1, 0.15) is 32.8 Å². The topological polar surface area (TPSA) is 133 Å². The highest BCUT2D eigenvalue weighted by Crippen LogP contribution is 2.49. The van der Waals surface area contributed by atoms with Crippen molar-refractivity contribution in [2.75, 3.05) is 31.5 Å². The Labute approximate surface area is 253 Å². The molecule has 0 aliphatic carbocycles. The second kappa shape index (κ2) is 13.0. The number of imidazole rings is 1. The van der Waals surface area contributed by atoms with Crippen molar-refractivity contribution in [3.8, 4) is 5.75 Å². The second-order valence-corrected chi connectivity index (χ2v) is 13.8. The molecule has 0 saturated carbocycles. The van der Waals surface area contributed by atoms with Gasteiger partial charge in [-0.1, -0.05) is 18.2 Å². The summed E-state index contributed by atoms with van der Waals surface area (Å²) in [5.41, 5.74) is -0.968. The second-order valence-electron chi connectivity index (χ2n) is 10.4. The molecule has 0 radical (unpaired) electrons. The maximum Gasteiger partial charge on any atom is 0.323 e. The van der Waals surface area contributed by atoms with E-state index in [1.54, 1.807) is 62.9 Å². The summed E-state index contributed by atoms with van der Waals surface area (Å²) in [4.78, 5) is 27.6. The number of halogens is 2. The van der Waals surface area contributed by atoms with E-state index in [0.29, 0.717) is 28.6 Å². The summed E-state index contributed by atoms with van der Waals surface area (Å²) in [5, 5.41) is 14.0. The Morgan fingerprint density at radius 1 is 1.31 bits per heavy atom. The van der Waals surface area contributed by atoms with Gasteiger partial charge in [0.25, 0.3) is 0 Å². The number of anilines is 1.